The number of aromatic nitrogens is 2. The van der Waals surface area contributed by atoms with Gasteiger partial charge in [0.15, 0.2) is 11.6 Å². The summed E-state index contributed by atoms with van der Waals surface area (Å²) in [5, 5.41) is 0.644. The van der Waals surface area contributed by atoms with Crippen molar-refractivity contribution < 1.29 is 13.5 Å². The van der Waals surface area contributed by atoms with Crippen LogP contribution in [0.3, 0.4) is 0 Å². The standard InChI is InChI=1S/C13H9F2N3OS/c1-6-4-8-11(17-13(16)18-12(8)20-6)19-10-3-2-7(14)5-9(10)15/h2-5H,1H3,(H2,16,17,18). The highest BCUT2D eigenvalue weighted by atomic mass is 32.1. The lowest BCUT2D eigenvalue weighted by Crippen LogP contribution is -1.98. The molecule has 0 radical (unpaired) electrons. The lowest BCUT2D eigenvalue weighted by Gasteiger charge is -2.07. The second-order valence-electron chi connectivity index (χ2n) is 4.14. The first-order valence-corrected chi connectivity index (χ1v) is 6.51. The molecule has 2 N–H and O–H groups in total. The summed E-state index contributed by atoms with van der Waals surface area (Å²) in [7, 11) is 0. The maximum atomic E-state index is 13.6. The third-order valence-electron chi connectivity index (χ3n) is 2.60. The van der Waals surface area contributed by atoms with Crippen LogP contribution in [0.15, 0.2) is 24.3 Å². The van der Waals surface area contributed by atoms with Crippen LogP contribution in [-0.2, 0) is 0 Å². The van der Waals surface area contributed by atoms with Crippen molar-refractivity contribution in [2.24, 2.45) is 0 Å². The first-order valence-electron chi connectivity index (χ1n) is 5.69. The summed E-state index contributed by atoms with van der Waals surface area (Å²) in [6.07, 6.45) is 0. The van der Waals surface area contributed by atoms with Crippen LogP contribution in [0, 0.1) is 18.6 Å². The van der Waals surface area contributed by atoms with Crippen molar-refractivity contribution in [3.05, 3.63) is 40.8 Å². The topological polar surface area (TPSA) is 61.0 Å². The van der Waals surface area contributed by atoms with Gasteiger partial charge in [0.25, 0.3) is 0 Å². The van der Waals surface area contributed by atoms with Crippen LogP contribution in [0.4, 0.5) is 14.7 Å². The Morgan fingerprint density at radius 3 is 2.75 bits per heavy atom. The van der Waals surface area contributed by atoms with Gasteiger partial charge in [-0.3, -0.25) is 0 Å². The molecule has 3 rings (SSSR count). The predicted octanol–water partition coefficient (Wildman–Crippen LogP) is 3.65. The first-order chi connectivity index (χ1) is 9.52. The summed E-state index contributed by atoms with van der Waals surface area (Å²) in [6, 6.07) is 4.89. The van der Waals surface area contributed by atoms with Crippen LogP contribution in [0.2, 0.25) is 0 Å². The molecule has 2 heterocycles. The molecule has 0 atom stereocenters. The Labute approximate surface area is 116 Å². The molecule has 0 bridgehead atoms. The highest BCUT2D eigenvalue weighted by Crippen LogP contribution is 2.33. The van der Waals surface area contributed by atoms with E-state index in [1.807, 2.05) is 13.0 Å². The highest BCUT2D eigenvalue weighted by molar-refractivity contribution is 7.18. The molecule has 3 aromatic rings. The number of nitrogens with two attached hydrogens (primary N) is 1. The smallest absolute Gasteiger partial charge is 0.233 e. The number of rotatable bonds is 2. The predicted molar refractivity (Wildman–Crippen MR) is 73.0 cm³/mol. The zero-order valence-electron chi connectivity index (χ0n) is 10.4. The lowest BCUT2D eigenvalue weighted by atomic mass is 10.3. The fourth-order valence-corrected chi connectivity index (χ4v) is 2.65. The number of nitrogens with zero attached hydrogens (tertiary/aromatic N) is 2. The van der Waals surface area contributed by atoms with Crippen molar-refractivity contribution >= 4 is 27.5 Å². The van der Waals surface area contributed by atoms with E-state index in [1.165, 1.54) is 17.4 Å². The molecule has 20 heavy (non-hydrogen) atoms. The summed E-state index contributed by atoms with van der Waals surface area (Å²) in [5.74, 6) is -1.40. The van der Waals surface area contributed by atoms with E-state index in [2.05, 4.69) is 9.97 Å². The molecule has 0 fully saturated rings. The first kappa shape index (κ1) is 12.7. The minimum atomic E-state index is -0.803. The van der Waals surface area contributed by atoms with Crippen molar-refractivity contribution in [2.75, 3.05) is 5.73 Å². The van der Waals surface area contributed by atoms with E-state index in [0.717, 1.165) is 17.0 Å². The maximum Gasteiger partial charge on any atom is 0.233 e. The van der Waals surface area contributed by atoms with E-state index in [0.29, 0.717) is 10.2 Å². The third kappa shape index (κ3) is 2.27. The fraction of sp³-hybridized carbons (Fsp3) is 0.0769. The van der Waals surface area contributed by atoms with E-state index in [4.69, 9.17) is 10.5 Å². The van der Waals surface area contributed by atoms with Crippen LogP contribution in [0.1, 0.15) is 4.88 Å². The van der Waals surface area contributed by atoms with E-state index in [9.17, 15) is 8.78 Å². The Morgan fingerprint density at radius 1 is 1.20 bits per heavy atom. The molecule has 0 aliphatic heterocycles. The van der Waals surface area contributed by atoms with Gasteiger partial charge in [-0.25, -0.2) is 13.8 Å². The maximum absolute atomic E-state index is 13.6. The van der Waals surface area contributed by atoms with Crippen molar-refractivity contribution in [3.63, 3.8) is 0 Å². The molecule has 4 nitrogen and oxygen atoms in total. The summed E-state index contributed by atoms with van der Waals surface area (Å²) in [5.41, 5.74) is 5.60. The average Bonchev–Trinajstić information content (AvgIpc) is 2.73. The molecule has 0 amide bonds. The summed E-state index contributed by atoms with van der Waals surface area (Å²) in [4.78, 5) is 9.71. The molecule has 0 spiro atoms. The van der Waals surface area contributed by atoms with Crippen LogP contribution < -0.4 is 10.5 Å². The number of anilines is 1. The Bertz CT molecular complexity index is 804. The van der Waals surface area contributed by atoms with Gasteiger partial charge in [0.2, 0.25) is 11.8 Å². The molecule has 0 saturated heterocycles. The Kier molecular flexibility index (Phi) is 2.98. The fourth-order valence-electron chi connectivity index (χ4n) is 1.77. The zero-order valence-corrected chi connectivity index (χ0v) is 11.2. The van der Waals surface area contributed by atoms with Gasteiger partial charge >= 0.3 is 0 Å². The highest BCUT2D eigenvalue weighted by Gasteiger charge is 2.13. The molecule has 0 unspecified atom stereocenters. The number of nitrogen functional groups attached to an aromatic ring is 1. The third-order valence-corrected chi connectivity index (χ3v) is 3.54. The number of aryl methyl sites for hydroxylation is 1. The second-order valence-corrected chi connectivity index (χ2v) is 5.37. The molecular formula is C13H9F2N3OS. The number of halogens is 2. The van der Waals surface area contributed by atoms with E-state index in [-0.39, 0.29) is 17.6 Å². The second kappa shape index (κ2) is 4.68. The molecule has 0 aliphatic rings. The summed E-state index contributed by atoms with van der Waals surface area (Å²) < 4.78 is 31.9. The molecule has 7 heteroatoms. The van der Waals surface area contributed by atoms with E-state index < -0.39 is 11.6 Å². The van der Waals surface area contributed by atoms with Gasteiger partial charge in [-0.15, -0.1) is 11.3 Å². The zero-order chi connectivity index (χ0) is 14.3. The number of hydrogen-bond donors (Lipinski definition) is 1. The van der Waals surface area contributed by atoms with Crippen LogP contribution in [-0.4, -0.2) is 9.97 Å². The number of benzene rings is 1. The largest absolute Gasteiger partial charge is 0.435 e. The molecule has 0 saturated carbocycles. The average molecular weight is 293 g/mol. The van der Waals surface area contributed by atoms with Gasteiger partial charge in [-0.1, -0.05) is 0 Å². The van der Waals surface area contributed by atoms with Crippen molar-refractivity contribution in [1.29, 1.82) is 0 Å². The van der Waals surface area contributed by atoms with Gasteiger partial charge in [0.05, 0.1) is 5.39 Å². The van der Waals surface area contributed by atoms with Gasteiger partial charge in [0, 0.05) is 10.9 Å². The lowest BCUT2D eigenvalue weighted by molar-refractivity contribution is 0.428. The van der Waals surface area contributed by atoms with Crippen molar-refractivity contribution in [3.8, 4) is 11.6 Å². The van der Waals surface area contributed by atoms with Gasteiger partial charge < -0.3 is 10.5 Å². The SMILES string of the molecule is Cc1cc2c(Oc3ccc(F)cc3F)nc(N)nc2s1. The number of thiophene rings is 1. The van der Waals surface area contributed by atoms with Crippen molar-refractivity contribution in [1.82, 2.24) is 9.97 Å². The summed E-state index contributed by atoms with van der Waals surface area (Å²) in [6.45, 7) is 1.91. The van der Waals surface area contributed by atoms with Gasteiger partial charge in [0.1, 0.15) is 10.6 Å². The van der Waals surface area contributed by atoms with E-state index >= 15 is 0 Å². The van der Waals surface area contributed by atoms with Gasteiger partial charge in [-0.2, -0.15) is 4.98 Å². The summed E-state index contributed by atoms with van der Waals surface area (Å²) >= 11 is 1.43. The molecule has 2 aromatic heterocycles. The monoisotopic (exact) mass is 293 g/mol. The van der Waals surface area contributed by atoms with Gasteiger partial charge in [-0.05, 0) is 25.1 Å². The Balaban J connectivity index is 2.10. The Hall–Kier alpha value is -2.28. The normalized spacial score (nSPS) is 10.9. The minimum absolute atomic E-state index is 0.0388. The molecular weight excluding hydrogens is 284 g/mol. The van der Waals surface area contributed by atoms with Crippen molar-refractivity contribution in [2.45, 2.75) is 6.92 Å². The number of hydrogen-bond acceptors (Lipinski definition) is 5. The van der Waals surface area contributed by atoms with E-state index in [1.54, 1.807) is 0 Å². The number of fused-ring (bicyclic) bond motifs is 1. The Morgan fingerprint density at radius 2 is 2.00 bits per heavy atom. The quantitative estimate of drug-likeness (QED) is 0.783. The molecule has 102 valence electrons. The van der Waals surface area contributed by atoms with Crippen LogP contribution in [0.25, 0.3) is 10.2 Å². The van der Waals surface area contributed by atoms with Crippen LogP contribution >= 0.6 is 11.3 Å². The molecule has 0 aliphatic carbocycles. The number of ether oxygens (including phenoxy) is 1. The molecule has 1 aromatic carbocycles. The minimum Gasteiger partial charge on any atom is -0.435 e. The van der Waals surface area contributed by atoms with Crippen LogP contribution in [0.5, 0.6) is 11.6 Å².